The number of aliphatic imine (C=N–C) groups is 1. The number of rotatable bonds is 12. The van der Waals surface area contributed by atoms with Gasteiger partial charge in [0.1, 0.15) is 0 Å². The van der Waals surface area contributed by atoms with Gasteiger partial charge in [0.2, 0.25) is 0 Å². The van der Waals surface area contributed by atoms with Crippen molar-refractivity contribution in [1.82, 2.24) is 0 Å². The molecule has 1 aliphatic rings. The van der Waals surface area contributed by atoms with Gasteiger partial charge in [0.05, 0.1) is 6.54 Å². The molecule has 26 heavy (non-hydrogen) atoms. The lowest BCUT2D eigenvalue weighted by atomic mass is 9.99. The van der Waals surface area contributed by atoms with Crippen molar-refractivity contribution >= 4 is 12.3 Å². The lowest BCUT2D eigenvalue weighted by molar-refractivity contribution is 0.282. The second-order valence-electron chi connectivity index (χ2n) is 7.28. The Bertz CT molecular complexity index is 667. The highest BCUT2D eigenvalue weighted by Crippen LogP contribution is 2.30. The predicted octanol–water partition coefficient (Wildman–Crippen LogP) is 6.27. The Morgan fingerprint density at radius 3 is 2.65 bits per heavy atom. The van der Waals surface area contributed by atoms with E-state index in [-0.39, 0.29) is 0 Å². The number of benzene rings is 1. The zero-order valence-electron chi connectivity index (χ0n) is 16.2. The average molecular weight is 352 g/mol. The molecular weight excluding hydrogens is 318 g/mol. The maximum atomic E-state index is 8.78. The number of hydrogen-bond donors (Lipinski definition) is 1. The Morgan fingerprint density at radius 1 is 1.12 bits per heavy atom. The third-order valence-electron chi connectivity index (χ3n) is 4.90. The lowest BCUT2D eigenvalue weighted by Crippen LogP contribution is -1.88. The van der Waals surface area contributed by atoms with Crippen LogP contribution in [0.15, 0.2) is 58.6 Å². The second-order valence-corrected chi connectivity index (χ2v) is 7.28. The minimum absolute atomic E-state index is 0.336. The highest BCUT2D eigenvalue weighted by atomic mass is 16.2. The molecule has 2 nitrogen and oxygen atoms in total. The van der Waals surface area contributed by atoms with Crippen LogP contribution in [0.5, 0.6) is 0 Å². The van der Waals surface area contributed by atoms with Crippen LogP contribution in [0.2, 0.25) is 0 Å². The molecule has 0 fully saturated rings. The smallest absolute Gasteiger partial charge is 0.0632 e. The van der Waals surface area contributed by atoms with Gasteiger partial charge in [-0.2, -0.15) is 0 Å². The van der Waals surface area contributed by atoms with Crippen LogP contribution in [-0.2, 0) is 6.54 Å². The zero-order valence-corrected chi connectivity index (χ0v) is 16.2. The summed E-state index contributed by atoms with van der Waals surface area (Å²) in [6.07, 6.45) is 16.3. The molecule has 2 heteroatoms. The maximum absolute atomic E-state index is 8.78. The first-order valence-electron chi connectivity index (χ1n) is 9.92. The van der Waals surface area contributed by atoms with E-state index in [2.05, 4.69) is 61.1 Å². The van der Waals surface area contributed by atoms with Crippen molar-refractivity contribution in [3.05, 3.63) is 64.8 Å². The van der Waals surface area contributed by atoms with Crippen LogP contribution < -0.4 is 0 Å². The number of unbranched alkanes of at least 4 members (excludes halogenated alkanes) is 5. The molecule has 1 aromatic rings. The summed E-state index contributed by atoms with van der Waals surface area (Å²) in [6, 6.07) is 8.62. The van der Waals surface area contributed by atoms with Crippen LogP contribution >= 0.6 is 0 Å². The molecule has 2 rings (SSSR count). The Hall–Kier alpha value is -1.93. The van der Waals surface area contributed by atoms with Crippen molar-refractivity contribution in [1.29, 1.82) is 0 Å². The molecule has 0 aromatic heterocycles. The highest BCUT2D eigenvalue weighted by Gasteiger charge is 2.09. The van der Waals surface area contributed by atoms with Crippen molar-refractivity contribution in [3.8, 4) is 0 Å². The summed E-state index contributed by atoms with van der Waals surface area (Å²) in [6.45, 7) is 6.85. The Morgan fingerprint density at radius 2 is 1.88 bits per heavy atom. The van der Waals surface area contributed by atoms with Gasteiger partial charge in [-0.15, -0.1) is 0 Å². The van der Waals surface area contributed by atoms with Gasteiger partial charge < -0.3 is 5.11 Å². The van der Waals surface area contributed by atoms with Gasteiger partial charge in [0.25, 0.3) is 0 Å². The first-order chi connectivity index (χ1) is 12.7. The van der Waals surface area contributed by atoms with Gasteiger partial charge in [-0.05, 0) is 67.7 Å². The standard InChI is InChI=1S/C24H33NO/c1-20(10-7-5-3-4-6-8-15-26)16-21-13-14-24(17-21)23-12-9-11-22(18-23)19-25-2/h9,11-14,16,18,26H,2-8,10,15,17,19H2,1H3/b20-16+. The second kappa shape index (κ2) is 11.6. The summed E-state index contributed by atoms with van der Waals surface area (Å²) in [5.74, 6) is 0. The first kappa shape index (κ1) is 20.4. The van der Waals surface area contributed by atoms with Gasteiger partial charge in [-0.1, -0.05) is 67.7 Å². The quantitative estimate of drug-likeness (QED) is 0.349. The molecule has 0 spiro atoms. The number of aliphatic hydroxyl groups excluding tert-OH is 1. The average Bonchev–Trinajstić information content (AvgIpc) is 3.10. The molecule has 0 saturated heterocycles. The molecule has 0 bridgehead atoms. The Balaban J connectivity index is 1.74. The molecule has 0 aliphatic heterocycles. The molecule has 0 heterocycles. The van der Waals surface area contributed by atoms with Crippen LogP contribution in [0.1, 0.15) is 69.4 Å². The van der Waals surface area contributed by atoms with Gasteiger partial charge in [-0.3, -0.25) is 4.99 Å². The molecule has 1 aromatic carbocycles. The molecule has 140 valence electrons. The van der Waals surface area contributed by atoms with E-state index in [1.807, 2.05) is 0 Å². The molecular formula is C24H33NO. The van der Waals surface area contributed by atoms with Gasteiger partial charge in [0.15, 0.2) is 0 Å². The van der Waals surface area contributed by atoms with Crippen molar-refractivity contribution in [2.45, 2.75) is 64.8 Å². The fourth-order valence-corrected chi connectivity index (χ4v) is 3.45. The minimum atomic E-state index is 0.336. The largest absolute Gasteiger partial charge is 0.396 e. The SMILES string of the molecule is C=NCc1cccc(C2=CC=C(/C=C(\C)CCCCCCCCO)C2)c1. The predicted molar refractivity (Wildman–Crippen MR) is 114 cm³/mol. The van der Waals surface area contributed by atoms with Crippen LogP contribution in [0, 0.1) is 0 Å². The van der Waals surface area contributed by atoms with E-state index in [9.17, 15) is 0 Å². The van der Waals surface area contributed by atoms with Gasteiger partial charge in [0, 0.05) is 6.61 Å². The summed E-state index contributed by atoms with van der Waals surface area (Å²) in [5, 5.41) is 8.78. The topological polar surface area (TPSA) is 32.6 Å². The number of nitrogens with zero attached hydrogens (tertiary/aromatic N) is 1. The van der Waals surface area contributed by atoms with Crippen LogP contribution in [0.3, 0.4) is 0 Å². The number of aliphatic hydroxyl groups is 1. The van der Waals surface area contributed by atoms with E-state index in [1.165, 1.54) is 60.0 Å². The van der Waals surface area contributed by atoms with Crippen molar-refractivity contribution in [2.75, 3.05) is 6.61 Å². The summed E-state index contributed by atoms with van der Waals surface area (Å²) in [7, 11) is 0. The van der Waals surface area contributed by atoms with Crippen LogP contribution in [-0.4, -0.2) is 18.4 Å². The Labute approximate surface area is 159 Å². The number of allylic oxidation sites excluding steroid dienone is 6. The summed E-state index contributed by atoms with van der Waals surface area (Å²) in [4.78, 5) is 3.98. The van der Waals surface area contributed by atoms with E-state index < -0.39 is 0 Å². The fourth-order valence-electron chi connectivity index (χ4n) is 3.45. The van der Waals surface area contributed by atoms with E-state index in [0.29, 0.717) is 13.2 Å². The lowest BCUT2D eigenvalue weighted by Gasteiger charge is -2.07. The molecule has 0 unspecified atom stereocenters. The summed E-state index contributed by atoms with van der Waals surface area (Å²) < 4.78 is 0. The highest BCUT2D eigenvalue weighted by molar-refractivity contribution is 5.73. The summed E-state index contributed by atoms with van der Waals surface area (Å²) in [5.41, 5.74) is 6.79. The van der Waals surface area contributed by atoms with E-state index >= 15 is 0 Å². The van der Waals surface area contributed by atoms with E-state index in [0.717, 1.165) is 19.3 Å². The zero-order chi connectivity index (χ0) is 18.6. The molecule has 0 saturated carbocycles. The Kier molecular flexibility index (Phi) is 9.13. The van der Waals surface area contributed by atoms with Crippen molar-refractivity contribution in [2.24, 2.45) is 4.99 Å². The normalized spacial score (nSPS) is 14.3. The molecule has 1 N–H and O–H groups in total. The molecule has 0 amide bonds. The third-order valence-corrected chi connectivity index (χ3v) is 4.90. The van der Waals surface area contributed by atoms with E-state index in [4.69, 9.17) is 5.11 Å². The van der Waals surface area contributed by atoms with Crippen molar-refractivity contribution < 1.29 is 5.11 Å². The molecule has 0 atom stereocenters. The van der Waals surface area contributed by atoms with Gasteiger partial charge in [-0.25, -0.2) is 0 Å². The third kappa shape index (κ3) is 7.13. The fraction of sp³-hybridized carbons (Fsp3) is 0.458. The first-order valence-corrected chi connectivity index (χ1v) is 9.92. The minimum Gasteiger partial charge on any atom is -0.396 e. The van der Waals surface area contributed by atoms with Crippen LogP contribution in [0.25, 0.3) is 5.57 Å². The van der Waals surface area contributed by atoms with Crippen LogP contribution in [0.4, 0.5) is 0 Å². The summed E-state index contributed by atoms with van der Waals surface area (Å²) >= 11 is 0. The van der Waals surface area contributed by atoms with Gasteiger partial charge >= 0.3 is 0 Å². The monoisotopic (exact) mass is 351 g/mol. The molecule has 0 radical (unpaired) electrons. The number of hydrogen-bond acceptors (Lipinski definition) is 2. The maximum Gasteiger partial charge on any atom is 0.0632 e. The van der Waals surface area contributed by atoms with E-state index in [1.54, 1.807) is 0 Å². The molecule has 1 aliphatic carbocycles. The van der Waals surface area contributed by atoms with Crippen molar-refractivity contribution in [3.63, 3.8) is 0 Å².